The van der Waals surface area contributed by atoms with E-state index in [0.717, 1.165) is 16.8 Å². The summed E-state index contributed by atoms with van der Waals surface area (Å²) in [5, 5.41) is 4.96. The number of para-hydroxylation sites is 1. The highest BCUT2D eigenvalue weighted by atomic mass is 35.5. The molecule has 4 heterocycles. The Hall–Kier alpha value is -3.88. The van der Waals surface area contributed by atoms with Crippen molar-refractivity contribution in [3.8, 4) is 11.4 Å². The number of hydrogen-bond donors (Lipinski definition) is 0. The van der Waals surface area contributed by atoms with Crippen molar-refractivity contribution in [1.29, 1.82) is 0 Å². The van der Waals surface area contributed by atoms with E-state index >= 15 is 0 Å². The Bertz CT molecular complexity index is 1660. The van der Waals surface area contributed by atoms with Crippen LogP contribution in [0.5, 0.6) is 0 Å². The van der Waals surface area contributed by atoms with Gasteiger partial charge in [0.05, 0.1) is 17.8 Å². The number of halogens is 1. The van der Waals surface area contributed by atoms with Gasteiger partial charge in [0.1, 0.15) is 4.53 Å². The lowest BCUT2D eigenvalue weighted by Crippen LogP contribution is -2.32. The van der Waals surface area contributed by atoms with Crippen LogP contribution in [0.3, 0.4) is 0 Å². The van der Waals surface area contributed by atoms with Gasteiger partial charge in [0.2, 0.25) is 4.96 Å². The second-order valence-corrected chi connectivity index (χ2v) is 8.86. The summed E-state index contributed by atoms with van der Waals surface area (Å²) in [6.45, 7) is 0.306. The van der Waals surface area contributed by atoms with Gasteiger partial charge in [0.15, 0.2) is 5.82 Å². The van der Waals surface area contributed by atoms with Crippen molar-refractivity contribution < 1.29 is 4.79 Å². The van der Waals surface area contributed by atoms with Crippen LogP contribution in [0.4, 0.5) is 5.69 Å². The summed E-state index contributed by atoms with van der Waals surface area (Å²) >= 11 is 7.51. The Kier molecular flexibility index (Phi) is 4.56. The molecule has 0 saturated carbocycles. The second kappa shape index (κ2) is 7.61. The topological polar surface area (TPSA) is 80.5 Å². The number of aromatic nitrogens is 4. The second-order valence-electron chi connectivity index (χ2n) is 7.48. The Morgan fingerprint density at radius 2 is 1.70 bits per heavy atom. The first-order chi connectivity index (χ1) is 16.1. The third kappa shape index (κ3) is 3.14. The van der Waals surface area contributed by atoms with Gasteiger partial charge in [0, 0.05) is 28.5 Å². The molecule has 160 valence electrons. The SMILES string of the molecule is O=C1C(=c2sc3nc(-c4ccncc4)nn3c2=O)c2ccccc2N1Cc1ccccc1Cl. The molecular weight excluding hydrogens is 458 g/mol. The lowest BCUT2D eigenvalue weighted by Gasteiger charge is -2.17. The summed E-state index contributed by atoms with van der Waals surface area (Å²) in [4.78, 5) is 37.4. The molecular formula is C24H14ClN5O2S. The standard InChI is InChI=1S/C24H14ClN5O2S/c25-17-7-3-1-5-15(17)13-29-18-8-4-2-6-16(18)19(22(29)31)20-23(32)30-24(33-20)27-21(28-30)14-9-11-26-12-10-14/h1-12H,13H2. The summed E-state index contributed by atoms with van der Waals surface area (Å²) in [7, 11) is 0. The molecule has 0 saturated heterocycles. The van der Waals surface area contributed by atoms with E-state index in [1.54, 1.807) is 35.5 Å². The van der Waals surface area contributed by atoms with Crippen LogP contribution in [0, 0.1) is 0 Å². The minimum absolute atomic E-state index is 0.243. The molecule has 2 aromatic carbocycles. The normalized spacial score (nSPS) is 14.8. The Balaban J connectivity index is 1.51. The van der Waals surface area contributed by atoms with Crippen molar-refractivity contribution in [3.05, 3.63) is 104 Å². The van der Waals surface area contributed by atoms with Crippen molar-refractivity contribution in [2.75, 3.05) is 4.90 Å². The van der Waals surface area contributed by atoms with E-state index in [-0.39, 0.29) is 11.5 Å². The third-order valence-corrected chi connectivity index (χ3v) is 6.93. The Morgan fingerprint density at radius 1 is 0.939 bits per heavy atom. The van der Waals surface area contributed by atoms with E-state index in [0.29, 0.717) is 38.0 Å². The molecule has 0 aliphatic carbocycles. The number of hydrogen-bond acceptors (Lipinski definition) is 6. The fraction of sp³-hybridized carbons (Fsp3) is 0.0417. The highest BCUT2D eigenvalue weighted by molar-refractivity contribution is 7.15. The van der Waals surface area contributed by atoms with Crippen molar-refractivity contribution in [2.45, 2.75) is 6.54 Å². The van der Waals surface area contributed by atoms with Crippen molar-refractivity contribution >= 4 is 45.1 Å². The van der Waals surface area contributed by atoms with Crippen LogP contribution < -0.4 is 15.0 Å². The third-order valence-electron chi connectivity index (χ3n) is 5.53. The maximum Gasteiger partial charge on any atom is 0.291 e. The predicted octanol–water partition coefficient (Wildman–Crippen LogP) is 3.33. The zero-order chi connectivity index (χ0) is 22.5. The molecule has 9 heteroatoms. The number of benzene rings is 2. The van der Waals surface area contributed by atoms with Crippen LogP contribution in [0.15, 0.2) is 77.9 Å². The average molecular weight is 472 g/mol. The molecule has 5 aromatic rings. The lowest BCUT2D eigenvalue weighted by molar-refractivity contribution is -0.113. The predicted molar refractivity (Wildman–Crippen MR) is 127 cm³/mol. The number of fused-ring (bicyclic) bond motifs is 2. The molecule has 0 bridgehead atoms. The van der Waals surface area contributed by atoms with Gasteiger partial charge in [-0.05, 0) is 29.8 Å². The van der Waals surface area contributed by atoms with Crippen molar-refractivity contribution in [1.82, 2.24) is 19.6 Å². The number of carbonyl (C=O) groups excluding carboxylic acids is 1. The zero-order valence-corrected chi connectivity index (χ0v) is 18.5. The molecule has 0 radical (unpaired) electrons. The van der Waals surface area contributed by atoms with Gasteiger partial charge in [-0.2, -0.15) is 9.50 Å². The number of anilines is 1. The lowest BCUT2D eigenvalue weighted by atomic mass is 10.1. The maximum atomic E-state index is 13.6. The van der Waals surface area contributed by atoms with Gasteiger partial charge in [-0.3, -0.25) is 14.6 Å². The zero-order valence-electron chi connectivity index (χ0n) is 17.0. The highest BCUT2D eigenvalue weighted by Gasteiger charge is 2.34. The first-order valence-electron chi connectivity index (χ1n) is 10.1. The Morgan fingerprint density at radius 3 is 2.48 bits per heavy atom. The van der Waals surface area contributed by atoms with Crippen molar-refractivity contribution in [2.24, 2.45) is 0 Å². The van der Waals surface area contributed by atoms with Crippen LogP contribution in [0.25, 0.3) is 21.9 Å². The number of rotatable bonds is 3. The molecule has 1 aliphatic rings. The number of nitrogens with zero attached hydrogens (tertiary/aromatic N) is 5. The van der Waals surface area contributed by atoms with Crippen LogP contribution >= 0.6 is 22.9 Å². The average Bonchev–Trinajstić information content (AvgIpc) is 3.47. The van der Waals surface area contributed by atoms with E-state index in [4.69, 9.17) is 11.6 Å². The molecule has 6 rings (SSSR count). The molecule has 0 unspecified atom stereocenters. The molecule has 0 fully saturated rings. The fourth-order valence-electron chi connectivity index (χ4n) is 3.96. The van der Waals surface area contributed by atoms with E-state index in [9.17, 15) is 9.59 Å². The summed E-state index contributed by atoms with van der Waals surface area (Å²) < 4.78 is 1.58. The fourth-order valence-corrected chi connectivity index (χ4v) is 5.16. The molecule has 33 heavy (non-hydrogen) atoms. The number of pyridine rings is 1. The molecule has 1 aliphatic heterocycles. The maximum absolute atomic E-state index is 13.6. The van der Waals surface area contributed by atoms with Gasteiger partial charge >= 0.3 is 0 Å². The van der Waals surface area contributed by atoms with E-state index in [1.165, 1.54) is 15.9 Å². The van der Waals surface area contributed by atoms with Gasteiger partial charge in [-0.1, -0.05) is 59.3 Å². The van der Waals surface area contributed by atoms with E-state index in [2.05, 4.69) is 15.1 Å². The van der Waals surface area contributed by atoms with Gasteiger partial charge in [-0.15, -0.1) is 5.10 Å². The van der Waals surface area contributed by atoms with Crippen LogP contribution in [0.2, 0.25) is 5.02 Å². The minimum Gasteiger partial charge on any atom is -0.303 e. The van der Waals surface area contributed by atoms with E-state index in [1.807, 2.05) is 42.5 Å². The van der Waals surface area contributed by atoms with Gasteiger partial charge < -0.3 is 4.90 Å². The van der Waals surface area contributed by atoms with Crippen LogP contribution in [0.1, 0.15) is 11.1 Å². The molecule has 1 amide bonds. The summed E-state index contributed by atoms with van der Waals surface area (Å²) in [5.41, 5.74) is 3.06. The molecule has 0 spiro atoms. The molecule has 0 atom stereocenters. The summed E-state index contributed by atoms with van der Waals surface area (Å²) in [6, 6.07) is 18.4. The highest BCUT2D eigenvalue weighted by Crippen LogP contribution is 2.37. The minimum atomic E-state index is -0.361. The molecule has 7 nitrogen and oxygen atoms in total. The monoisotopic (exact) mass is 471 g/mol. The van der Waals surface area contributed by atoms with Crippen molar-refractivity contribution in [3.63, 3.8) is 0 Å². The quantitative estimate of drug-likeness (QED) is 0.403. The molecule has 0 N–H and O–H groups in total. The summed E-state index contributed by atoms with van der Waals surface area (Å²) in [5.74, 6) is 0.197. The number of carbonyl (C=O) groups is 1. The van der Waals surface area contributed by atoms with Crippen LogP contribution in [-0.4, -0.2) is 25.5 Å². The summed E-state index contributed by atoms with van der Waals surface area (Å²) in [6.07, 6.45) is 3.29. The largest absolute Gasteiger partial charge is 0.303 e. The number of thiazole rings is 1. The van der Waals surface area contributed by atoms with Crippen LogP contribution in [-0.2, 0) is 11.3 Å². The van der Waals surface area contributed by atoms with E-state index < -0.39 is 0 Å². The van der Waals surface area contributed by atoms with Gasteiger partial charge in [-0.25, -0.2) is 0 Å². The Labute approximate surface area is 196 Å². The smallest absolute Gasteiger partial charge is 0.291 e. The molecule has 3 aromatic heterocycles. The number of amides is 1. The first-order valence-corrected chi connectivity index (χ1v) is 11.3. The first kappa shape index (κ1) is 19.8. The van der Waals surface area contributed by atoms with Gasteiger partial charge in [0.25, 0.3) is 11.5 Å².